The van der Waals surface area contributed by atoms with Crippen molar-refractivity contribution in [3.63, 3.8) is 0 Å². The Morgan fingerprint density at radius 3 is 2.48 bits per heavy atom. The second kappa shape index (κ2) is 5.53. The lowest BCUT2D eigenvalue weighted by Crippen LogP contribution is -2.19. The molecule has 0 radical (unpaired) electrons. The number of carbonyl (C=O) groups is 1. The van der Waals surface area contributed by atoms with Crippen LogP contribution < -0.4 is 5.32 Å². The van der Waals surface area contributed by atoms with Gasteiger partial charge in [-0.1, -0.05) is 30.3 Å². The molecule has 1 atom stereocenters. The number of alkyl halides is 1. The first-order valence-corrected chi connectivity index (χ1v) is 7.62. The highest BCUT2D eigenvalue weighted by Gasteiger charge is 2.18. The van der Waals surface area contributed by atoms with Gasteiger partial charge in [-0.25, -0.2) is 0 Å². The van der Waals surface area contributed by atoms with Crippen LogP contribution in [0.5, 0.6) is 0 Å². The van der Waals surface area contributed by atoms with Crippen LogP contribution in [0.2, 0.25) is 0 Å². The number of hydrogen-bond acceptors (Lipinski definition) is 1. The van der Waals surface area contributed by atoms with Crippen LogP contribution in [0.4, 0.5) is 5.69 Å². The van der Waals surface area contributed by atoms with Crippen LogP contribution >= 0.6 is 11.6 Å². The quantitative estimate of drug-likeness (QED) is 0.812. The number of rotatable bonds is 2. The summed E-state index contributed by atoms with van der Waals surface area (Å²) in [6, 6.07) is 12.4. The van der Waals surface area contributed by atoms with Crippen molar-refractivity contribution < 1.29 is 4.79 Å². The van der Waals surface area contributed by atoms with Crippen molar-refractivity contribution >= 4 is 23.2 Å². The Bertz CT molecular complexity index is 708. The third kappa shape index (κ3) is 2.81. The molecule has 0 saturated carbocycles. The van der Waals surface area contributed by atoms with Gasteiger partial charge >= 0.3 is 0 Å². The van der Waals surface area contributed by atoms with E-state index in [1.807, 2.05) is 12.1 Å². The molecule has 1 unspecified atom stereocenters. The second-order valence-electron chi connectivity index (χ2n) is 5.67. The van der Waals surface area contributed by atoms with Gasteiger partial charge < -0.3 is 5.32 Å². The molecule has 1 aliphatic rings. The van der Waals surface area contributed by atoms with Crippen molar-refractivity contribution in [2.75, 3.05) is 5.32 Å². The predicted molar refractivity (Wildman–Crippen MR) is 87.0 cm³/mol. The smallest absolute Gasteiger partial charge is 0.224 e. The average Bonchev–Trinajstić information content (AvgIpc) is 2.49. The zero-order valence-electron chi connectivity index (χ0n) is 12.2. The first-order valence-electron chi connectivity index (χ1n) is 7.18. The monoisotopic (exact) mass is 299 g/mol. The van der Waals surface area contributed by atoms with Crippen LogP contribution in [0.3, 0.4) is 0 Å². The van der Waals surface area contributed by atoms with Gasteiger partial charge in [0.1, 0.15) is 0 Å². The maximum absolute atomic E-state index is 11.4. The van der Waals surface area contributed by atoms with Gasteiger partial charge in [0.15, 0.2) is 0 Å². The molecule has 0 bridgehead atoms. The lowest BCUT2D eigenvalue weighted by Gasteiger charge is -2.19. The highest BCUT2D eigenvalue weighted by Crippen LogP contribution is 2.33. The zero-order valence-corrected chi connectivity index (χ0v) is 13.0. The van der Waals surface area contributed by atoms with Gasteiger partial charge in [-0.3, -0.25) is 4.79 Å². The number of aryl methyl sites for hydroxylation is 3. The Hall–Kier alpha value is -1.80. The minimum atomic E-state index is -0.160. The van der Waals surface area contributed by atoms with Crippen LogP contribution in [0.25, 0.3) is 0 Å². The summed E-state index contributed by atoms with van der Waals surface area (Å²) in [6.07, 6.45) is 1.33. The van der Waals surface area contributed by atoms with E-state index in [9.17, 15) is 4.79 Å². The van der Waals surface area contributed by atoms with Crippen molar-refractivity contribution in [1.29, 1.82) is 0 Å². The number of halogens is 1. The fourth-order valence-corrected chi connectivity index (χ4v) is 2.95. The highest BCUT2D eigenvalue weighted by molar-refractivity contribution is 6.22. The summed E-state index contributed by atoms with van der Waals surface area (Å²) in [5, 5.41) is 2.74. The minimum absolute atomic E-state index is 0.0897. The van der Waals surface area contributed by atoms with Gasteiger partial charge in [-0.2, -0.15) is 0 Å². The van der Waals surface area contributed by atoms with E-state index in [1.165, 1.54) is 16.7 Å². The normalized spacial score (nSPS) is 15.3. The largest absolute Gasteiger partial charge is 0.326 e. The molecule has 2 aromatic carbocycles. The molecule has 3 heteroatoms. The van der Waals surface area contributed by atoms with E-state index in [2.05, 4.69) is 43.4 Å². The van der Waals surface area contributed by atoms with E-state index in [4.69, 9.17) is 11.6 Å². The molecule has 0 fully saturated rings. The number of fused-ring (bicyclic) bond motifs is 1. The maximum atomic E-state index is 11.4. The van der Waals surface area contributed by atoms with Crippen molar-refractivity contribution in [2.24, 2.45) is 0 Å². The SMILES string of the molecule is Cc1ccc(C(Cl)c2ccc3c(c2)CCC(=O)N3)cc1C. The number of carbonyl (C=O) groups excluding carboxylic acids is 1. The summed E-state index contributed by atoms with van der Waals surface area (Å²) in [5.74, 6) is 0.0897. The standard InChI is InChI=1S/C18H18ClNO/c1-11-3-4-14(9-12(11)2)18(19)15-5-7-16-13(10-15)6-8-17(21)20-16/h3-5,7,9-10,18H,6,8H2,1-2H3,(H,20,21). The number of anilines is 1. The molecule has 1 N–H and O–H groups in total. The molecule has 21 heavy (non-hydrogen) atoms. The molecule has 1 heterocycles. The minimum Gasteiger partial charge on any atom is -0.326 e. The van der Waals surface area contributed by atoms with Crippen LogP contribution in [0, 0.1) is 13.8 Å². The van der Waals surface area contributed by atoms with Crippen molar-refractivity contribution in [1.82, 2.24) is 0 Å². The van der Waals surface area contributed by atoms with E-state index in [-0.39, 0.29) is 11.3 Å². The van der Waals surface area contributed by atoms with Gasteiger partial charge in [0, 0.05) is 12.1 Å². The zero-order chi connectivity index (χ0) is 15.0. The molecular weight excluding hydrogens is 282 g/mol. The maximum Gasteiger partial charge on any atom is 0.224 e. The van der Waals surface area contributed by atoms with E-state index < -0.39 is 0 Å². The summed E-state index contributed by atoms with van der Waals surface area (Å²) in [4.78, 5) is 11.4. The lowest BCUT2D eigenvalue weighted by atomic mass is 9.95. The van der Waals surface area contributed by atoms with Crippen LogP contribution in [-0.4, -0.2) is 5.91 Å². The Morgan fingerprint density at radius 2 is 1.71 bits per heavy atom. The molecule has 0 aromatic heterocycles. The Labute approximate surface area is 130 Å². The van der Waals surface area contributed by atoms with E-state index in [0.29, 0.717) is 6.42 Å². The topological polar surface area (TPSA) is 29.1 Å². The van der Waals surface area contributed by atoms with Crippen molar-refractivity contribution in [3.8, 4) is 0 Å². The summed E-state index contributed by atoms with van der Waals surface area (Å²) in [7, 11) is 0. The fourth-order valence-electron chi connectivity index (χ4n) is 2.68. The second-order valence-corrected chi connectivity index (χ2v) is 6.11. The Kier molecular flexibility index (Phi) is 3.73. The lowest BCUT2D eigenvalue weighted by molar-refractivity contribution is -0.116. The molecule has 0 aliphatic carbocycles. The summed E-state index contributed by atoms with van der Waals surface area (Å²) in [6.45, 7) is 4.20. The van der Waals surface area contributed by atoms with E-state index in [0.717, 1.165) is 23.2 Å². The molecular formula is C18H18ClNO. The molecule has 2 aromatic rings. The molecule has 2 nitrogen and oxygen atoms in total. The number of hydrogen-bond donors (Lipinski definition) is 1. The summed E-state index contributed by atoms with van der Waals surface area (Å²) in [5.41, 5.74) is 6.80. The highest BCUT2D eigenvalue weighted by atomic mass is 35.5. The first kappa shape index (κ1) is 14.2. The van der Waals surface area contributed by atoms with Crippen LogP contribution in [0.15, 0.2) is 36.4 Å². The molecule has 0 saturated heterocycles. The summed E-state index contributed by atoms with van der Waals surface area (Å²) >= 11 is 6.64. The van der Waals surface area contributed by atoms with E-state index in [1.54, 1.807) is 0 Å². The van der Waals surface area contributed by atoms with Gasteiger partial charge in [-0.15, -0.1) is 11.6 Å². The molecule has 1 amide bonds. The van der Waals surface area contributed by atoms with Gasteiger partial charge in [-0.05, 0) is 54.2 Å². The predicted octanol–water partition coefficient (Wildman–Crippen LogP) is 4.52. The number of amides is 1. The van der Waals surface area contributed by atoms with Crippen LogP contribution in [-0.2, 0) is 11.2 Å². The third-order valence-electron chi connectivity index (χ3n) is 4.14. The van der Waals surface area contributed by atoms with Crippen LogP contribution in [0.1, 0.15) is 39.6 Å². The Balaban J connectivity index is 1.93. The molecule has 3 rings (SSSR count). The van der Waals surface area contributed by atoms with E-state index >= 15 is 0 Å². The van der Waals surface area contributed by atoms with Gasteiger partial charge in [0.2, 0.25) is 5.91 Å². The van der Waals surface area contributed by atoms with Crippen molar-refractivity contribution in [2.45, 2.75) is 32.1 Å². The average molecular weight is 300 g/mol. The number of nitrogens with one attached hydrogen (secondary N) is 1. The first-order chi connectivity index (χ1) is 10.0. The Morgan fingerprint density at radius 1 is 1.00 bits per heavy atom. The van der Waals surface area contributed by atoms with Gasteiger partial charge in [0.05, 0.1) is 5.38 Å². The fraction of sp³-hybridized carbons (Fsp3) is 0.278. The molecule has 0 spiro atoms. The van der Waals surface area contributed by atoms with Crippen molar-refractivity contribution in [3.05, 3.63) is 64.2 Å². The van der Waals surface area contributed by atoms with Gasteiger partial charge in [0.25, 0.3) is 0 Å². The molecule has 108 valence electrons. The third-order valence-corrected chi connectivity index (χ3v) is 4.65. The molecule has 1 aliphatic heterocycles. The number of benzene rings is 2. The summed E-state index contributed by atoms with van der Waals surface area (Å²) < 4.78 is 0.